The molecule has 1 aromatic heterocycles. The van der Waals surface area contributed by atoms with Gasteiger partial charge in [0.1, 0.15) is 0 Å². The molecule has 0 bridgehead atoms. The van der Waals surface area contributed by atoms with Crippen LogP contribution in [0.15, 0.2) is 52.0 Å². The first-order chi connectivity index (χ1) is 12.2. The third-order valence-corrected chi connectivity index (χ3v) is 5.80. The van der Waals surface area contributed by atoms with Crippen molar-refractivity contribution in [1.82, 2.24) is 5.32 Å². The summed E-state index contributed by atoms with van der Waals surface area (Å²) in [6.45, 7) is 2.20. The molecular formula is C19H21N3OS2. The Morgan fingerprint density at radius 1 is 1.20 bits per heavy atom. The van der Waals surface area contributed by atoms with E-state index in [0.29, 0.717) is 11.6 Å². The average molecular weight is 372 g/mol. The highest BCUT2D eigenvalue weighted by Gasteiger charge is 2.30. The Bertz CT molecular complexity index is 751. The Morgan fingerprint density at radius 3 is 2.72 bits per heavy atom. The first kappa shape index (κ1) is 17.9. The summed E-state index contributed by atoms with van der Waals surface area (Å²) >= 11 is 3.05. The van der Waals surface area contributed by atoms with Crippen molar-refractivity contribution in [3.63, 3.8) is 0 Å². The van der Waals surface area contributed by atoms with Gasteiger partial charge >= 0.3 is 0 Å². The van der Waals surface area contributed by atoms with Crippen LogP contribution >= 0.6 is 23.1 Å². The fraction of sp³-hybridized carbons (Fsp3) is 0.316. The quantitative estimate of drug-likeness (QED) is 0.584. The number of nitrogens with one attached hydrogen (secondary N) is 1. The molecule has 1 aliphatic rings. The minimum atomic E-state index is -0.142. The second-order valence-electron chi connectivity index (χ2n) is 5.89. The first-order valence-corrected chi connectivity index (χ1v) is 10.2. The number of rotatable bonds is 7. The number of thiophene rings is 1. The summed E-state index contributed by atoms with van der Waals surface area (Å²) in [6, 6.07) is 12.5. The van der Waals surface area contributed by atoms with E-state index in [1.165, 1.54) is 35.7 Å². The van der Waals surface area contributed by atoms with Crippen LogP contribution in [0.2, 0.25) is 0 Å². The summed E-state index contributed by atoms with van der Waals surface area (Å²) < 4.78 is 0. The summed E-state index contributed by atoms with van der Waals surface area (Å²) in [5.41, 5.74) is 2.54. The molecule has 130 valence electrons. The molecule has 1 saturated heterocycles. The third-order valence-electron chi connectivity index (χ3n) is 3.92. The molecule has 2 aromatic rings. The van der Waals surface area contributed by atoms with Crippen LogP contribution < -0.4 is 5.32 Å². The molecule has 1 amide bonds. The van der Waals surface area contributed by atoms with Gasteiger partial charge in [-0.2, -0.15) is 5.10 Å². The number of amidine groups is 1. The van der Waals surface area contributed by atoms with Crippen molar-refractivity contribution in [2.24, 2.45) is 10.2 Å². The Hall–Kier alpha value is -1.92. The molecule has 1 aromatic carbocycles. The van der Waals surface area contributed by atoms with Crippen molar-refractivity contribution in [3.8, 4) is 0 Å². The lowest BCUT2D eigenvalue weighted by Gasteiger charge is -2.06. The second-order valence-corrected chi connectivity index (χ2v) is 8.06. The number of carbonyl (C=O) groups excluding carboxylic acids is 1. The molecule has 6 heteroatoms. The number of hydrogen-bond donors (Lipinski definition) is 1. The topological polar surface area (TPSA) is 53.8 Å². The average Bonchev–Trinajstić information content (AvgIpc) is 3.25. The van der Waals surface area contributed by atoms with E-state index in [1.807, 2.05) is 17.5 Å². The van der Waals surface area contributed by atoms with Crippen LogP contribution in [0.4, 0.5) is 0 Å². The SMILES string of the molecule is CCCCc1ccc(CC2S/C(=N/N=Cc3cccs3)NC2=O)cc1. The Kier molecular flexibility index (Phi) is 6.42. The minimum absolute atomic E-state index is 0.00475. The monoisotopic (exact) mass is 371 g/mol. The van der Waals surface area contributed by atoms with Gasteiger partial charge < -0.3 is 5.32 Å². The Morgan fingerprint density at radius 2 is 2.00 bits per heavy atom. The van der Waals surface area contributed by atoms with Crippen molar-refractivity contribution in [3.05, 3.63) is 57.8 Å². The van der Waals surface area contributed by atoms with Crippen LogP contribution in [0.5, 0.6) is 0 Å². The predicted octanol–water partition coefficient (Wildman–Crippen LogP) is 4.25. The lowest BCUT2D eigenvalue weighted by molar-refractivity contribution is -0.118. The van der Waals surface area contributed by atoms with Crippen LogP contribution in [-0.2, 0) is 17.6 Å². The number of aryl methyl sites for hydroxylation is 1. The van der Waals surface area contributed by atoms with E-state index in [1.54, 1.807) is 17.6 Å². The largest absolute Gasteiger partial charge is 0.303 e. The van der Waals surface area contributed by atoms with Gasteiger partial charge in [0.2, 0.25) is 5.91 Å². The van der Waals surface area contributed by atoms with Crippen molar-refractivity contribution >= 4 is 40.4 Å². The van der Waals surface area contributed by atoms with Crippen molar-refractivity contribution in [2.75, 3.05) is 0 Å². The summed E-state index contributed by atoms with van der Waals surface area (Å²) in [7, 11) is 0. The van der Waals surface area contributed by atoms with Gasteiger partial charge in [-0.25, -0.2) is 0 Å². The molecule has 2 heterocycles. The van der Waals surface area contributed by atoms with Gasteiger partial charge in [0.05, 0.1) is 11.5 Å². The lowest BCUT2D eigenvalue weighted by atomic mass is 10.0. The number of carbonyl (C=O) groups is 1. The molecule has 3 rings (SSSR count). The Labute approximate surface area is 156 Å². The highest BCUT2D eigenvalue weighted by molar-refractivity contribution is 8.15. The van der Waals surface area contributed by atoms with E-state index >= 15 is 0 Å². The van der Waals surface area contributed by atoms with E-state index in [2.05, 4.69) is 46.7 Å². The number of amides is 1. The molecular weight excluding hydrogens is 350 g/mol. The zero-order valence-corrected chi connectivity index (χ0v) is 15.8. The molecule has 0 spiro atoms. The fourth-order valence-corrected chi connectivity index (χ4v) is 4.07. The second kappa shape index (κ2) is 8.97. The Balaban J connectivity index is 1.55. The van der Waals surface area contributed by atoms with Gasteiger partial charge in [-0.3, -0.25) is 4.79 Å². The van der Waals surface area contributed by atoms with Gasteiger partial charge in [-0.15, -0.1) is 16.4 Å². The first-order valence-electron chi connectivity index (χ1n) is 8.44. The zero-order valence-electron chi connectivity index (χ0n) is 14.1. The number of thioether (sulfide) groups is 1. The van der Waals surface area contributed by atoms with E-state index in [9.17, 15) is 4.79 Å². The molecule has 0 radical (unpaired) electrons. The molecule has 1 atom stereocenters. The fourth-order valence-electron chi connectivity index (χ4n) is 2.53. The standard InChI is InChI=1S/C19H21N3OS2/c1-2-3-5-14-7-9-15(10-8-14)12-17-18(23)21-19(25-17)22-20-13-16-6-4-11-24-16/h4,6-11,13,17H,2-3,5,12H2,1H3,(H,21,22,23). The third kappa shape index (κ3) is 5.28. The van der Waals surface area contributed by atoms with Crippen molar-refractivity contribution in [2.45, 2.75) is 37.9 Å². The summed E-state index contributed by atoms with van der Waals surface area (Å²) in [5.74, 6) is 0.00475. The van der Waals surface area contributed by atoms with E-state index < -0.39 is 0 Å². The number of unbranched alkanes of at least 4 members (excludes halogenated alkanes) is 1. The van der Waals surface area contributed by atoms with Gasteiger partial charge in [-0.1, -0.05) is 55.4 Å². The van der Waals surface area contributed by atoms with E-state index in [-0.39, 0.29) is 11.2 Å². The van der Waals surface area contributed by atoms with Crippen LogP contribution in [0.1, 0.15) is 35.8 Å². The number of hydrogen-bond acceptors (Lipinski definition) is 5. The van der Waals surface area contributed by atoms with E-state index in [4.69, 9.17) is 0 Å². The van der Waals surface area contributed by atoms with Crippen LogP contribution in [0, 0.1) is 0 Å². The van der Waals surface area contributed by atoms with Crippen LogP contribution in [0.25, 0.3) is 0 Å². The molecule has 1 unspecified atom stereocenters. The maximum absolute atomic E-state index is 12.1. The molecule has 1 fully saturated rings. The minimum Gasteiger partial charge on any atom is -0.303 e. The summed E-state index contributed by atoms with van der Waals surface area (Å²) in [6.07, 6.45) is 5.95. The molecule has 25 heavy (non-hydrogen) atoms. The van der Waals surface area contributed by atoms with Crippen LogP contribution in [0.3, 0.4) is 0 Å². The predicted molar refractivity (Wildman–Crippen MR) is 108 cm³/mol. The maximum atomic E-state index is 12.1. The van der Waals surface area contributed by atoms with Gasteiger partial charge in [0, 0.05) is 4.88 Å². The molecule has 4 nitrogen and oxygen atoms in total. The normalized spacial score (nSPS) is 19.0. The molecule has 1 aliphatic heterocycles. The molecule has 1 N–H and O–H groups in total. The van der Waals surface area contributed by atoms with Crippen molar-refractivity contribution < 1.29 is 4.79 Å². The van der Waals surface area contributed by atoms with E-state index in [0.717, 1.165) is 11.3 Å². The highest BCUT2D eigenvalue weighted by atomic mass is 32.2. The molecule has 0 aliphatic carbocycles. The maximum Gasteiger partial charge on any atom is 0.239 e. The molecule has 0 saturated carbocycles. The zero-order chi connectivity index (χ0) is 17.5. The summed E-state index contributed by atoms with van der Waals surface area (Å²) in [4.78, 5) is 13.2. The van der Waals surface area contributed by atoms with Gasteiger partial charge in [0.15, 0.2) is 5.17 Å². The highest BCUT2D eigenvalue weighted by Crippen LogP contribution is 2.23. The van der Waals surface area contributed by atoms with Crippen molar-refractivity contribution in [1.29, 1.82) is 0 Å². The van der Waals surface area contributed by atoms with Crippen LogP contribution in [-0.4, -0.2) is 22.5 Å². The van der Waals surface area contributed by atoms with Gasteiger partial charge in [-0.05, 0) is 41.8 Å². The number of benzene rings is 1. The summed E-state index contributed by atoms with van der Waals surface area (Å²) in [5, 5.41) is 13.4. The lowest BCUT2D eigenvalue weighted by Crippen LogP contribution is -2.25. The smallest absolute Gasteiger partial charge is 0.239 e. The van der Waals surface area contributed by atoms with Gasteiger partial charge in [0.25, 0.3) is 0 Å². The number of nitrogens with zero attached hydrogens (tertiary/aromatic N) is 2.